The number of aromatic nitrogens is 1. The third kappa shape index (κ3) is 3.24. The molecular formula is C14H15BrN2O2. The summed E-state index contributed by atoms with van der Waals surface area (Å²) in [7, 11) is 3.23. The Morgan fingerprint density at radius 2 is 1.74 bits per heavy atom. The molecule has 1 aromatic carbocycles. The van der Waals surface area contributed by atoms with Crippen molar-refractivity contribution in [3.8, 4) is 11.5 Å². The first-order valence-electron chi connectivity index (χ1n) is 5.74. The van der Waals surface area contributed by atoms with Gasteiger partial charge < -0.3 is 15.2 Å². The predicted octanol–water partition coefficient (Wildman–Crippen LogP) is 2.91. The highest BCUT2D eigenvalue weighted by Gasteiger charge is 2.13. The standard InChI is InChI=1S/C14H15BrN2O2/c1-18-11-5-9(6-12(7-11)19-2)14(16)13-4-3-10(15)8-17-13/h3-8,14H,16H2,1-2H3. The third-order valence-corrected chi connectivity index (χ3v) is 3.27. The van der Waals surface area contributed by atoms with Crippen LogP contribution in [0.15, 0.2) is 41.0 Å². The molecule has 1 aromatic heterocycles. The van der Waals surface area contributed by atoms with E-state index >= 15 is 0 Å². The van der Waals surface area contributed by atoms with Gasteiger partial charge >= 0.3 is 0 Å². The average molecular weight is 323 g/mol. The van der Waals surface area contributed by atoms with Crippen molar-refractivity contribution in [1.29, 1.82) is 0 Å². The highest BCUT2D eigenvalue weighted by molar-refractivity contribution is 9.10. The Kier molecular flexibility index (Phi) is 4.39. The first-order valence-corrected chi connectivity index (χ1v) is 6.53. The number of hydrogen-bond donors (Lipinski definition) is 1. The van der Waals surface area contributed by atoms with E-state index in [1.54, 1.807) is 20.4 Å². The molecule has 0 radical (unpaired) electrons. The maximum Gasteiger partial charge on any atom is 0.122 e. The summed E-state index contributed by atoms with van der Waals surface area (Å²) in [5.41, 5.74) is 7.91. The van der Waals surface area contributed by atoms with Crippen LogP contribution in [0.3, 0.4) is 0 Å². The van der Waals surface area contributed by atoms with Crippen LogP contribution in [0.2, 0.25) is 0 Å². The van der Waals surface area contributed by atoms with Gasteiger partial charge in [-0.2, -0.15) is 0 Å². The first-order chi connectivity index (χ1) is 9.13. The monoisotopic (exact) mass is 322 g/mol. The molecule has 0 aliphatic heterocycles. The molecule has 0 spiro atoms. The van der Waals surface area contributed by atoms with Gasteiger partial charge in [0.05, 0.1) is 26.0 Å². The van der Waals surface area contributed by atoms with Gasteiger partial charge in [-0.3, -0.25) is 4.98 Å². The van der Waals surface area contributed by atoms with E-state index in [1.807, 2.05) is 30.3 Å². The van der Waals surface area contributed by atoms with E-state index < -0.39 is 0 Å². The molecule has 4 nitrogen and oxygen atoms in total. The Labute approximate surface area is 120 Å². The van der Waals surface area contributed by atoms with Crippen LogP contribution in [-0.2, 0) is 0 Å². The second-order valence-corrected chi connectivity index (χ2v) is 4.94. The molecular weight excluding hydrogens is 308 g/mol. The normalized spacial score (nSPS) is 12.0. The van der Waals surface area contributed by atoms with E-state index in [4.69, 9.17) is 15.2 Å². The van der Waals surface area contributed by atoms with Gasteiger partial charge in [-0.1, -0.05) is 0 Å². The lowest BCUT2D eigenvalue weighted by Crippen LogP contribution is -2.13. The van der Waals surface area contributed by atoms with E-state index in [0.717, 1.165) is 15.7 Å². The van der Waals surface area contributed by atoms with Gasteiger partial charge in [-0.15, -0.1) is 0 Å². The van der Waals surface area contributed by atoms with Crippen LogP contribution in [0.1, 0.15) is 17.3 Å². The second kappa shape index (κ2) is 6.04. The summed E-state index contributed by atoms with van der Waals surface area (Å²) in [6.07, 6.45) is 1.73. The van der Waals surface area contributed by atoms with Crippen molar-refractivity contribution in [2.45, 2.75) is 6.04 Å². The van der Waals surface area contributed by atoms with Crippen LogP contribution >= 0.6 is 15.9 Å². The molecule has 2 rings (SSSR count). The summed E-state index contributed by atoms with van der Waals surface area (Å²) < 4.78 is 11.4. The van der Waals surface area contributed by atoms with Crippen molar-refractivity contribution in [2.75, 3.05) is 14.2 Å². The highest BCUT2D eigenvalue weighted by Crippen LogP contribution is 2.28. The van der Waals surface area contributed by atoms with E-state index in [-0.39, 0.29) is 6.04 Å². The van der Waals surface area contributed by atoms with Crippen molar-refractivity contribution in [3.63, 3.8) is 0 Å². The molecule has 2 N–H and O–H groups in total. The van der Waals surface area contributed by atoms with Gasteiger partial charge in [0.2, 0.25) is 0 Å². The minimum Gasteiger partial charge on any atom is -0.497 e. The summed E-state index contributed by atoms with van der Waals surface area (Å²) in [5.74, 6) is 1.42. The Hall–Kier alpha value is -1.59. The van der Waals surface area contributed by atoms with Gasteiger partial charge in [-0.05, 0) is 45.8 Å². The summed E-state index contributed by atoms with van der Waals surface area (Å²) in [6.45, 7) is 0. The lowest BCUT2D eigenvalue weighted by Gasteiger charge is -2.14. The number of nitrogens with two attached hydrogens (primary N) is 1. The van der Waals surface area contributed by atoms with Crippen molar-refractivity contribution in [2.24, 2.45) is 5.73 Å². The van der Waals surface area contributed by atoms with E-state index in [1.165, 1.54) is 0 Å². The smallest absolute Gasteiger partial charge is 0.122 e. The number of halogens is 1. The number of ether oxygens (including phenoxy) is 2. The molecule has 0 amide bonds. The largest absolute Gasteiger partial charge is 0.497 e. The zero-order valence-corrected chi connectivity index (χ0v) is 12.3. The Bertz CT molecular complexity index is 536. The van der Waals surface area contributed by atoms with Crippen LogP contribution in [-0.4, -0.2) is 19.2 Å². The van der Waals surface area contributed by atoms with Crippen molar-refractivity contribution in [1.82, 2.24) is 4.98 Å². The van der Waals surface area contributed by atoms with Crippen molar-refractivity contribution < 1.29 is 9.47 Å². The molecule has 0 aliphatic carbocycles. The lowest BCUT2D eigenvalue weighted by atomic mass is 10.0. The molecule has 0 aliphatic rings. The fourth-order valence-electron chi connectivity index (χ4n) is 1.75. The summed E-state index contributed by atoms with van der Waals surface area (Å²) in [5, 5.41) is 0. The fraction of sp³-hybridized carbons (Fsp3) is 0.214. The number of rotatable bonds is 4. The highest BCUT2D eigenvalue weighted by atomic mass is 79.9. The molecule has 1 atom stereocenters. The summed E-state index contributed by atoms with van der Waals surface area (Å²) in [6, 6.07) is 9.07. The van der Waals surface area contributed by atoms with E-state index in [0.29, 0.717) is 11.5 Å². The molecule has 0 saturated heterocycles. The zero-order valence-electron chi connectivity index (χ0n) is 10.8. The quantitative estimate of drug-likeness (QED) is 0.940. The fourth-order valence-corrected chi connectivity index (χ4v) is 1.99. The van der Waals surface area contributed by atoms with Crippen LogP contribution < -0.4 is 15.2 Å². The molecule has 100 valence electrons. The number of pyridine rings is 1. The molecule has 0 saturated carbocycles. The topological polar surface area (TPSA) is 57.4 Å². The van der Waals surface area contributed by atoms with Crippen LogP contribution in [0.5, 0.6) is 11.5 Å². The van der Waals surface area contributed by atoms with E-state index in [2.05, 4.69) is 20.9 Å². The average Bonchev–Trinajstić information content (AvgIpc) is 2.46. The Morgan fingerprint density at radius 1 is 1.11 bits per heavy atom. The number of benzene rings is 1. The molecule has 0 fully saturated rings. The zero-order chi connectivity index (χ0) is 13.8. The Morgan fingerprint density at radius 3 is 2.21 bits per heavy atom. The maximum absolute atomic E-state index is 6.22. The molecule has 5 heteroatoms. The minimum absolute atomic E-state index is 0.322. The number of nitrogens with zero attached hydrogens (tertiary/aromatic N) is 1. The van der Waals surface area contributed by atoms with Crippen molar-refractivity contribution in [3.05, 3.63) is 52.3 Å². The van der Waals surface area contributed by atoms with Crippen LogP contribution in [0.4, 0.5) is 0 Å². The molecule has 1 heterocycles. The molecule has 1 unspecified atom stereocenters. The Balaban J connectivity index is 2.37. The predicted molar refractivity (Wildman–Crippen MR) is 77.5 cm³/mol. The molecule has 2 aromatic rings. The molecule has 0 bridgehead atoms. The van der Waals surface area contributed by atoms with Gasteiger partial charge in [0.25, 0.3) is 0 Å². The molecule has 19 heavy (non-hydrogen) atoms. The minimum atomic E-state index is -0.322. The van der Waals surface area contributed by atoms with Gasteiger partial charge in [-0.25, -0.2) is 0 Å². The van der Waals surface area contributed by atoms with Crippen LogP contribution in [0.25, 0.3) is 0 Å². The van der Waals surface area contributed by atoms with Crippen LogP contribution in [0, 0.1) is 0 Å². The lowest BCUT2D eigenvalue weighted by molar-refractivity contribution is 0.393. The first kappa shape index (κ1) is 13.8. The van der Waals surface area contributed by atoms with Gasteiger partial charge in [0.15, 0.2) is 0 Å². The van der Waals surface area contributed by atoms with E-state index in [9.17, 15) is 0 Å². The number of methoxy groups -OCH3 is 2. The number of hydrogen-bond acceptors (Lipinski definition) is 4. The van der Waals surface area contributed by atoms with Gasteiger partial charge in [0.1, 0.15) is 11.5 Å². The third-order valence-electron chi connectivity index (χ3n) is 2.80. The maximum atomic E-state index is 6.22. The SMILES string of the molecule is COc1cc(OC)cc(C(N)c2ccc(Br)cn2)c1. The second-order valence-electron chi connectivity index (χ2n) is 4.02. The van der Waals surface area contributed by atoms with Crippen molar-refractivity contribution >= 4 is 15.9 Å². The summed E-state index contributed by atoms with van der Waals surface area (Å²) >= 11 is 3.35. The van der Waals surface area contributed by atoms with Gasteiger partial charge in [0, 0.05) is 16.7 Å². The summed E-state index contributed by atoms with van der Waals surface area (Å²) in [4.78, 5) is 4.31.